The van der Waals surface area contributed by atoms with Gasteiger partial charge >= 0.3 is 5.97 Å². The molecule has 0 unspecified atom stereocenters. The van der Waals surface area contributed by atoms with Gasteiger partial charge in [-0.1, -0.05) is 25.1 Å². The van der Waals surface area contributed by atoms with Crippen molar-refractivity contribution in [2.45, 2.75) is 20.3 Å². The highest BCUT2D eigenvalue weighted by atomic mass is 16.4. The summed E-state index contributed by atoms with van der Waals surface area (Å²) < 4.78 is 0. The number of para-hydroxylation sites is 1. The Morgan fingerprint density at radius 1 is 1.19 bits per heavy atom. The van der Waals surface area contributed by atoms with Crippen molar-refractivity contribution in [1.82, 2.24) is 9.88 Å². The predicted octanol–water partition coefficient (Wildman–Crippen LogP) is 2.58. The predicted molar refractivity (Wildman–Crippen MR) is 97.2 cm³/mol. The summed E-state index contributed by atoms with van der Waals surface area (Å²) in [7, 11) is 0. The number of amides is 2. The van der Waals surface area contributed by atoms with Gasteiger partial charge in [0.15, 0.2) is 0 Å². The number of hydrogen-bond donors (Lipinski definition) is 2. The lowest BCUT2D eigenvalue weighted by Crippen LogP contribution is -2.39. The number of pyridine rings is 1. The van der Waals surface area contributed by atoms with E-state index in [0.717, 1.165) is 5.56 Å². The van der Waals surface area contributed by atoms with Crippen LogP contribution >= 0.6 is 0 Å². The Labute approximate surface area is 151 Å². The molecule has 2 N–H and O–H groups in total. The average molecular weight is 355 g/mol. The van der Waals surface area contributed by atoms with Gasteiger partial charge in [-0.2, -0.15) is 0 Å². The lowest BCUT2D eigenvalue weighted by atomic mass is 10.2. The Kier molecular flexibility index (Phi) is 6.43. The molecule has 0 fully saturated rings. The maximum Gasteiger partial charge on any atom is 0.335 e. The van der Waals surface area contributed by atoms with Crippen LogP contribution in [0.4, 0.5) is 5.69 Å². The van der Waals surface area contributed by atoms with Crippen molar-refractivity contribution in [1.29, 1.82) is 0 Å². The maximum atomic E-state index is 12.7. The molecule has 1 aromatic carbocycles. The number of anilines is 1. The fourth-order valence-electron chi connectivity index (χ4n) is 2.44. The smallest absolute Gasteiger partial charge is 0.335 e. The van der Waals surface area contributed by atoms with Gasteiger partial charge in [0.05, 0.1) is 5.56 Å². The molecule has 7 nitrogen and oxygen atoms in total. The van der Waals surface area contributed by atoms with Crippen molar-refractivity contribution < 1.29 is 19.5 Å². The Balaban J connectivity index is 2.13. The Bertz CT molecular complexity index is 820. The SMILES string of the molecule is CCCN(CC(=O)Nc1ccccc1C)C(=O)c1cc(C(=O)O)ccn1. The van der Waals surface area contributed by atoms with Crippen molar-refractivity contribution in [2.24, 2.45) is 0 Å². The van der Waals surface area contributed by atoms with Gasteiger partial charge in [-0.3, -0.25) is 14.6 Å². The van der Waals surface area contributed by atoms with E-state index >= 15 is 0 Å². The standard InChI is InChI=1S/C19H21N3O4/c1-3-10-22(12-17(23)21-15-7-5-4-6-13(15)2)18(24)16-11-14(19(25)26)8-9-20-16/h4-9,11H,3,10,12H2,1-2H3,(H,21,23)(H,25,26). The first-order valence-corrected chi connectivity index (χ1v) is 8.26. The fraction of sp³-hybridized carbons (Fsp3) is 0.263. The fourth-order valence-corrected chi connectivity index (χ4v) is 2.44. The third-order valence-corrected chi connectivity index (χ3v) is 3.76. The van der Waals surface area contributed by atoms with Crippen molar-refractivity contribution >= 4 is 23.5 Å². The number of rotatable bonds is 7. The van der Waals surface area contributed by atoms with Crippen molar-refractivity contribution in [3.05, 3.63) is 59.4 Å². The van der Waals surface area contributed by atoms with Gasteiger partial charge in [-0.15, -0.1) is 0 Å². The number of aromatic nitrogens is 1. The summed E-state index contributed by atoms with van der Waals surface area (Å²) >= 11 is 0. The van der Waals surface area contributed by atoms with E-state index in [1.807, 2.05) is 32.0 Å². The molecule has 2 rings (SSSR count). The van der Waals surface area contributed by atoms with Crippen LogP contribution in [0.3, 0.4) is 0 Å². The maximum absolute atomic E-state index is 12.7. The van der Waals surface area contributed by atoms with Crippen molar-refractivity contribution in [3.8, 4) is 0 Å². The summed E-state index contributed by atoms with van der Waals surface area (Å²) in [5, 5.41) is 11.8. The van der Waals surface area contributed by atoms with Crippen LogP contribution in [0, 0.1) is 6.92 Å². The highest BCUT2D eigenvalue weighted by Crippen LogP contribution is 2.13. The second kappa shape index (κ2) is 8.75. The zero-order valence-electron chi connectivity index (χ0n) is 14.7. The molecular weight excluding hydrogens is 334 g/mol. The second-order valence-electron chi connectivity index (χ2n) is 5.82. The number of carbonyl (C=O) groups excluding carboxylic acids is 2. The van der Waals surface area contributed by atoms with Crippen LogP contribution in [-0.4, -0.2) is 45.9 Å². The van der Waals surface area contributed by atoms with Gasteiger partial charge in [0.1, 0.15) is 12.2 Å². The zero-order valence-corrected chi connectivity index (χ0v) is 14.7. The molecule has 0 saturated carbocycles. The van der Waals surface area contributed by atoms with Crippen molar-refractivity contribution in [3.63, 3.8) is 0 Å². The van der Waals surface area contributed by atoms with E-state index in [4.69, 9.17) is 5.11 Å². The number of aryl methyl sites for hydroxylation is 1. The molecule has 1 heterocycles. The summed E-state index contributed by atoms with van der Waals surface area (Å²) in [4.78, 5) is 41.4. The van der Waals surface area contributed by atoms with Crippen LogP contribution in [0.5, 0.6) is 0 Å². The minimum atomic E-state index is -1.14. The monoisotopic (exact) mass is 355 g/mol. The number of nitrogens with zero attached hydrogens (tertiary/aromatic N) is 2. The molecule has 0 saturated heterocycles. The number of carboxylic acids is 1. The molecule has 0 bridgehead atoms. The van der Waals surface area contributed by atoms with E-state index in [2.05, 4.69) is 10.3 Å². The molecule has 2 amide bonds. The Morgan fingerprint density at radius 3 is 2.58 bits per heavy atom. The van der Waals surface area contributed by atoms with E-state index in [9.17, 15) is 14.4 Å². The van der Waals surface area contributed by atoms with Crippen LogP contribution in [0.1, 0.15) is 39.8 Å². The summed E-state index contributed by atoms with van der Waals surface area (Å²) in [5.74, 6) is -1.94. The zero-order chi connectivity index (χ0) is 19.1. The highest BCUT2D eigenvalue weighted by Gasteiger charge is 2.20. The summed E-state index contributed by atoms with van der Waals surface area (Å²) in [6.07, 6.45) is 1.93. The van der Waals surface area contributed by atoms with Crippen LogP contribution < -0.4 is 5.32 Å². The first-order chi connectivity index (χ1) is 12.4. The normalized spacial score (nSPS) is 10.2. The first kappa shape index (κ1) is 19.1. The molecule has 0 aliphatic carbocycles. The molecule has 2 aromatic rings. The van der Waals surface area contributed by atoms with E-state index in [1.54, 1.807) is 6.07 Å². The third kappa shape index (κ3) is 4.89. The van der Waals surface area contributed by atoms with Gasteiger partial charge in [-0.05, 0) is 37.1 Å². The number of carbonyl (C=O) groups is 3. The number of nitrogens with one attached hydrogen (secondary N) is 1. The van der Waals surface area contributed by atoms with Crippen LogP contribution in [-0.2, 0) is 4.79 Å². The molecule has 7 heteroatoms. The lowest BCUT2D eigenvalue weighted by molar-refractivity contribution is -0.116. The number of carboxylic acid groups (broad SMARTS) is 1. The lowest BCUT2D eigenvalue weighted by Gasteiger charge is -2.21. The van der Waals surface area contributed by atoms with Gasteiger partial charge in [0, 0.05) is 18.4 Å². The molecule has 0 atom stereocenters. The summed E-state index contributed by atoms with van der Waals surface area (Å²) in [6.45, 7) is 3.99. The summed E-state index contributed by atoms with van der Waals surface area (Å²) in [6, 6.07) is 9.89. The molecule has 0 aliphatic heterocycles. The van der Waals surface area contributed by atoms with Gasteiger partial charge < -0.3 is 15.3 Å². The molecular formula is C19H21N3O4. The van der Waals surface area contributed by atoms with E-state index in [1.165, 1.54) is 23.2 Å². The van der Waals surface area contributed by atoms with Gasteiger partial charge in [0.2, 0.25) is 5.91 Å². The second-order valence-corrected chi connectivity index (χ2v) is 5.82. The molecule has 0 radical (unpaired) electrons. The van der Waals surface area contributed by atoms with Gasteiger partial charge in [-0.25, -0.2) is 4.79 Å². The van der Waals surface area contributed by atoms with E-state index in [0.29, 0.717) is 18.7 Å². The summed E-state index contributed by atoms with van der Waals surface area (Å²) in [5.41, 5.74) is 1.59. The molecule has 136 valence electrons. The largest absolute Gasteiger partial charge is 0.478 e. The van der Waals surface area contributed by atoms with Crippen LogP contribution in [0.25, 0.3) is 0 Å². The topological polar surface area (TPSA) is 99.6 Å². The van der Waals surface area contributed by atoms with Crippen molar-refractivity contribution in [2.75, 3.05) is 18.4 Å². The third-order valence-electron chi connectivity index (χ3n) is 3.76. The molecule has 0 spiro atoms. The van der Waals surface area contributed by atoms with Crippen LogP contribution in [0.15, 0.2) is 42.6 Å². The van der Waals surface area contributed by atoms with E-state index < -0.39 is 11.9 Å². The first-order valence-electron chi connectivity index (χ1n) is 8.26. The molecule has 0 aliphatic rings. The minimum Gasteiger partial charge on any atom is -0.478 e. The van der Waals surface area contributed by atoms with Gasteiger partial charge in [0.25, 0.3) is 5.91 Å². The number of aromatic carboxylic acids is 1. The minimum absolute atomic E-state index is 0.00189. The van der Waals surface area contributed by atoms with Crippen LogP contribution in [0.2, 0.25) is 0 Å². The quantitative estimate of drug-likeness (QED) is 0.795. The highest BCUT2D eigenvalue weighted by molar-refractivity contribution is 5.99. The Hall–Kier alpha value is -3.22. The Morgan fingerprint density at radius 2 is 1.92 bits per heavy atom. The number of benzene rings is 1. The van der Waals surface area contributed by atoms with E-state index in [-0.39, 0.29) is 23.7 Å². The molecule has 1 aromatic heterocycles. The number of hydrogen-bond acceptors (Lipinski definition) is 4. The average Bonchev–Trinajstić information content (AvgIpc) is 2.62. The molecule has 26 heavy (non-hydrogen) atoms.